The molecule has 0 saturated heterocycles. The van der Waals surface area contributed by atoms with Gasteiger partial charge in [-0.1, -0.05) is 39.0 Å². The van der Waals surface area contributed by atoms with E-state index in [1.54, 1.807) is 17.0 Å². The molecule has 0 N–H and O–H groups in total. The van der Waals surface area contributed by atoms with Gasteiger partial charge >= 0.3 is 0 Å². The highest BCUT2D eigenvalue weighted by Crippen LogP contribution is 2.32. The normalized spacial score (nSPS) is 15.2. The Morgan fingerprint density at radius 1 is 1.16 bits per heavy atom. The van der Waals surface area contributed by atoms with E-state index in [4.69, 9.17) is 4.74 Å². The zero-order chi connectivity index (χ0) is 18.2. The molecule has 1 heterocycles. The highest BCUT2D eigenvalue weighted by atomic mass is 19.1. The van der Waals surface area contributed by atoms with Crippen LogP contribution in [-0.4, -0.2) is 18.7 Å². The summed E-state index contributed by atoms with van der Waals surface area (Å²) >= 11 is 0. The van der Waals surface area contributed by atoms with Crippen molar-refractivity contribution in [3.63, 3.8) is 0 Å². The third-order valence-electron chi connectivity index (χ3n) is 4.41. The lowest BCUT2D eigenvalue weighted by Gasteiger charge is -2.21. The number of carbonyl (C=O) groups excluding carboxylic acids is 1. The average molecular weight is 341 g/mol. The van der Waals surface area contributed by atoms with Crippen LogP contribution in [0.15, 0.2) is 42.5 Å². The van der Waals surface area contributed by atoms with Crippen LogP contribution in [0.25, 0.3) is 0 Å². The molecule has 132 valence electrons. The van der Waals surface area contributed by atoms with E-state index < -0.39 is 6.17 Å². The lowest BCUT2D eigenvalue weighted by Crippen LogP contribution is -2.23. The lowest BCUT2D eigenvalue weighted by molar-refractivity contribution is 0.0996. The Labute approximate surface area is 148 Å². The van der Waals surface area contributed by atoms with E-state index in [-0.39, 0.29) is 17.9 Å². The number of anilines is 1. The number of hydrogen-bond donors (Lipinski definition) is 0. The van der Waals surface area contributed by atoms with Crippen molar-refractivity contribution in [3.8, 4) is 5.75 Å². The van der Waals surface area contributed by atoms with Crippen LogP contribution in [0.4, 0.5) is 10.1 Å². The van der Waals surface area contributed by atoms with Crippen LogP contribution in [-0.2, 0) is 12.0 Å². The maximum Gasteiger partial charge on any atom is 0.259 e. The Hall–Kier alpha value is -2.36. The predicted molar refractivity (Wildman–Crippen MR) is 98.2 cm³/mol. The fourth-order valence-electron chi connectivity index (χ4n) is 2.93. The molecular weight excluding hydrogens is 317 g/mol. The predicted octanol–water partition coefficient (Wildman–Crippen LogP) is 4.88. The van der Waals surface area contributed by atoms with Crippen LogP contribution in [0, 0.1) is 0 Å². The van der Waals surface area contributed by atoms with Gasteiger partial charge in [-0.2, -0.15) is 0 Å². The van der Waals surface area contributed by atoms with Crippen molar-refractivity contribution < 1.29 is 13.9 Å². The Morgan fingerprint density at radius 2 is 1.84 bits per heavy atom. The average Bonchev–Trinajstić information content (AvgIpc) is 2.89. The monoisotopic (exact) mass is 341 g/mol. The molecule has 3 rings (SSSR count). The van der Waals surface area contributed by atoms with E-state index in [0.717, 1.165) is 11.3 Å². The van der Waals surface area contributed by atoms with Crippen LogP contribution in [0.2, 0.25) is 0 Å². The maximum absolute atomic E-state index is 12.9. The molecule has 0 radical (unpaired) electrons. The number of carbonyl (C=O) groups is 1. The first-order chi connectivity index (χ1) is 11.8. The third-order valence-corrected chi connectivity index (χ3v) is 4.41. The second-order valence-corrected chi connectivity index (χ2v) is 7.60. The molecule has 1 atom stereocenters. The summed E-state index contributed by atoms with van der Waals surface area (Å²) in [6, 6.07) is 13.5. The summed E-state index contributed by atoms with van der Waals surface area (Å²) in [5.41, 5.74) is 3.79. The Kier molecular flexibility index (Phi) is 4.55. The van der Waals surface area contributed by atoms with Crippen LogP contribution >= 0.6 is 0 Å². The number of ether oxygens (including phenoxy) is 1. The van der Waals surface area contributed by atoms with Crippen molar-refractivity contribution in [2.45, 2.75) is 45.8 Å². The number of amides is 1. The standard InChI is InChI=1S/C21H24FNO2/c1-14(22)13-25-18-10-5-15-12-23(20(24)19(15)11-18)17-8-6-16(7-9-17)21(2,3)4/h5-11,14H,12-13H2,1-4H3. The Morgan fingerprint density at radius 3 is 2.44 bits per heavy atom. The first-order valence-corrected chi connectivity index (χ1v) is 8.58. The summed E-state index contributed by atoms with van der Waals surface area (Å²) in [6.45, 7) is 8.48. The zero-order valence-electron chi connectivity index (χ0n) is 15.2. The van der Waals surface area contributed by atoms with Gasteiger partial charge in [-0.3, -0.25) is 4.79 Å². The van der Waals surface area contributed by atoms with Crippen molar-refractivity contribution in [1.29, 1.82) is 0 Å². The molecule has 0 fully saturated rings. The van der Waals surface area contributed by atoms with Crippen molar-refractivity contribution >= 4 is 11.6 Å². The number of hydrogen-bond acceptors (Lipinski definition) is 2. The van der Waals surface area contributed by atoms with E-state index >= 15 is 0 Å². The quantitative estimate of drug-likeness (QED) is 0.793. The SMILES string of the molecule is CC(F)COc1ccc2c(c1)C(=O)N(c1ccc(C(C)(C)C)cc1)C2. The van der Waals surface area contributed by atoms with Crippen molar-refractivity contribution in [2.75, 3.05) is 11.5 Å². The first kappa shape index (κ1) is 17.5. The summed E-state index contributed by atoms with van der Waals surface area (Å²) in [5, 5.41) is 0. The molecule has 0 aliphatic carbocycles. The molecule has 2 aromatic carbocycles. The topological polar surface area (TPSA) is 29.5 Å². The van der Waals surface area contributed by atoms with Gasteiger partial charge in [0, 0.05) is 11.3 Å². The molecule has 0 saturated carbocycles. The first-order valence-electron chi connectivity index (χ1n) is 8.58. The highest BCUT2D eigenvalue weighted by Gasteiger charge is 2.29. The second-order valence-electron chi connectivity index (χ2n) is 7.60. The van der Waals surface area contributed by atoms with Crippen LogP contribution < -0.4 is 9.64 Å². The van der Waals surface area contributed by atoms with E-state index in [1.807, 2.05) is 18.2 Å². The minimum absolute atomic E-state index is 0.00897. The van der Waals surface area contributed by atoms with Gasteiger partial charge in [0.1, 0.15) is 18.5 Å². The van der Waals surface area contributed by atoms with E-state index in [2.05, 4.69) is 32.9 Å². The van der Waals surface area contributed by atoms with Gasteiger partial charge in [0.05, 0.1) is 6.54 Å². The summed E-state index contributed by atoms with van der Waals surface area (Å²) in [7, 11) is 0. The molecule has 4 heteroatoms. The minimum Gasteiger partial charge on any atom is -0.491 e. The fourth-order valence-corrected chi connectivity index (χ4v) is 2.93. The molecule has 25 heavy (non-hydrogen) atoms. The van der Waals surface area contributed by atoms with E-state index in [0.29, 0.717) is 17.9 Å². The van der Waals surface area contributed by atoms with Crippen LogP contribution in [0.5, 0.6) is 5.75 Å². The van der Waals surface area contributed by atoms with E-state index in [9.17, 15) is 9.18 Å². The van der Waals surface area contributed by atoms with Crippen molar-refractivity contribution in [3.05, 3.63) is 59.2 Å². The van der Waals surface area contributed by atoms with Gasteiger partial charge in [-0.05, 0) is 47.7 Å². The largest absolute Gasteiger partial charge is 0.491 e. The Bertz CT molecular complexity index is 775. The zero-order valence-corrected chi connectivity index (χ0v) is 15.2. The number of benzene rings is 2. The van der Waals surface area contributed by atoms with Crippen molar-refractivity contribution in [2.24, 2.45) is 0 Å². The molecule has 0 spiro atoms. The summed E-state index contributed by atoms with van der Waals surface area (Å²) in [4.78, 5) is 14.5. The third kappa shape index (κ3) is 3.68. The molecule has 1 aliphatic heterocycles. The van der Waals surface area contributed by atoms with Gasteiger partial charge in [-0.25, -0.2) is 4.39 Å². The van der Waals surface area contributed by atoms with Gasteiger partial charge in [0.25, 0.3) is 5.91 Å². The Balaban J connectivity index is 1.80. The summed E-state index contributed by atoms with van der Waals surface area (Å²) in [6.07, 6.45) is -1.04. The number of halogens is 1. The number of rotatable bonds is 4. The summed E-state index contributed by atoms with van der Waals surface area (Å²) < 4.78 is 18.3. The molecule has 0 aromatic heterocycles. The molecule has 1 aliphatic rings. The summed E-state index contributed by atoms with van der Waals surface area (Å²) in [5.74, 6) is 0.485. The highest BCUT2D eigenvalue weighted by molar-refractivity contribution is 6.10. The van der Waals surface area contributed by atoms with Crippen LogP contribution in [0.1, 0.15) is 49.2 Å². The molecule has 2 aromatic rings. The lowest BCUT2D eigenvalue weighted by atomic mass is 9.87. The van der Waals surface area contributed by atoms with Gasteiger partial charge < -0.3 is 9.64 Å². The molecule has 0 bridgehead atoms. The van der Waals surface area contributed by atoms with Gasteiger partial charge in [0.2, 0.25) is 0 Å². The minimum atomic E-state index is -1.04. The number of alkyl halides is 1. The molecule has 1 amide bonds. The van der Waals surface area contributed by atoms with Gasteiger partial charge in [0.15, 0.2) is 0 Å². The number of fused-ring (bicyclic) bond motifs is 1. The molecule has 1 unspecified atom stereocenters. The maximum atomic E-state index is 12.9. The van der Waals surface area contributed by atoms with Crippen molar-refractivity contribution in [1.82, 2.24) is 0 Å². The van der Waals surface area contributed by atoms with Crippen LogP contribution in [0.3, 0.4) is 0 Å². The van der Waals surface area contributed by atoms with E-state index in [1.165, 1.54) is 12.5 Å². The smallest absolute Gasteiger partial charge is 0.259 e. The number of nitrogens with zero attached hydrogens (tertiary/aromatic N) is 1. The van der Waals surface area contributed by atoms with Gasteiger partial charge in [-0.15, -0.1) is 0 Å². The molecular formula is C21H24FNO2. The second kappa shape index (κ2) is 6.51. The fraction of sp³-hybridized carbons (Fsp3) is 0.381. The molecule has 3 nitrogen and oxygen atoms in total.